The average molecular weight is 334 g/mol. The molecule has 0 unspecified atom stereocenters. The molecule has 3 aromatic rings. The summed E-state index contributed by atoms with van der Waals surface area (Å²) in [5.41, 5.74) is 4.69. The van der Waals surface area contributed by atoms with Gasteiger partial charge in [-0.3, -0.25) is 0 Å². The number of anilines is 1. The SMILES string of the molecule is Cc1ccccc1N1[C@@H](C)c2sc3ccccc3c2C12CCCC2. The molecule has 0 saturated heterocycles. The lowest BCUT2D eigenvalue weighted by atomic mass is 9.87. The zero-order chi connectivity index (χ0) is 16.3. The van der Waals surface area contributed by atoms with Crippen LogP contribution in [0.1, 0.15) is 54.7 Å². The van der Waals surface area contributed by atoms with E-state index in [-0.39, 0.29) is 5.54 Å². The Hall–Kier alpha value is -1.80. The maximum absolute atomic E-state index is 2.77. The molecule has 0 radical (unpaired) electrons. The van der Waals surface area contributed by atoms with Gasteiger partial charge < -0.3 is 4.90 Å². The third-order valence-electron chi connectivity index (χ3n) is 6.12. The Bertz CT molecular complexity index is 917. The van der Waals surface area contributed by atoms with Gasteiger partial charge in [0.1, 0.15) is 0 Å². The lowest BCUT2D eigenvalue weighted by Crippen LogP contribution is -2.40. The first-order valence-corrected chi connectivity index (χ1v) is 9.91. The second kappa shape index (κ2) is 5.10. The molecule has 2 aromatic carbocycles. The van der Waals surface area contributed by atoms with Crippen molar-refractivity contribution >= 4 is 27.1 Å². The van der Waals surface area contributed by atoms with Gasteiger partial charge in [-0.25, -0.2) is 0 Å². The highest BCUT2D eigenvalue weighted by Gasteiger charge is 2.52. The monoisotopic (exact) mass is 333 g/mol. The van der Waals surface area contributed by atoms with Gasteiger partial charge >= 0.3 is 0 Å². The third-order valence-corrected chi connectivity index (χ3v) is 7.46. The summed E-state index contributed by atoms with van der Waals surface area (Å²) in [6.45, 7) is 4.67. The van der Waals surface area contributed by atoms with Gasteiger partial charge in [0.25, 0.3) is 0 Å². The molecule has 5 rings (SSSR count). The third kappa shape index (κ3) is 1.75. The van der Waals surface area contributed by atoms with Crippen LogP contribution in [0, 0.1) is 6.92 Å². The first-order chi connectivity index (χ1) is 11.7. The van der Waals surface area contributed by atoms with E-state index in [1.165, 1.54) is 47.0 Å². The standard InChI is InChI=1S/C22H23NS/c1-15-9-3-5-11-18(15)23-16(2)21-20(22(23)13-7-8-14-22)17-10-4-6-12-19(17)24-21/h3-6,9-12,16H,7-8,13-14H2,1-2H3/t16-/m0/s1. The number of aryl methyl sites for hydroxylation is 1. The normalized spacial score (nSPS) is 21.8. The van der Waals surface area contributed by atoms with E-state index in [1.807, 2.05) is 11.3 Å². The minimum atomic E-state index is 0.209. The van der Waals surface area contributed by atoms with Crippen LogP contribution in [0.4, 0.5) is 5.69 Å². The predicted octanol–water partition coefficient (Wildman–Crippen LogP) is 6.56. The first kappa shape index (κ1) is 14.5. The molecule has 1 fully saturated rings. The van der Waals surface area contributed by atoms with Gasteiger partial charge in [0, 0.05) is 20.8 Å². The van der Waals surface area contributed by atoms with Crippen molar-refractivity contribution in [2.24, 2.45) is 0 Å². The molecular formula is C22H23NS. The van der Waals surface area contributed by atoms with Crippen LogP contribution in [-0.4, -0.2) is 0 Å². The Morgan fingerprint density at radius 3 is 2.50 bits per heavy atom. The Morgan fingerprint density at radius 2 is 1.71 bits per heavy atom. The number of benzene rings is 2. The molecule has 2 heteroatoms. The molecule has 0 N–H and O–H groups in total. The number of rotatable bonds is 1. The lowest BCUT2D eigenvalue weighted by Gasteiger charge is -2.41. The Morgan fingerprint density at radius 1 is 1.00 bits per heavy atom. The molecule has 1 nitrogen and oxygen atoms in total. The van der Waals surface area contributed by atoms with Crippen molar-refractivity contribution in [2.45, 2.75) is 51.1 Å². The zero-order valence-corrected chi connectivity index (χ0v) is 15.2. The van der Waals surface area contributed by atoms with Crippen molar-refractivity contribution in [2.75, 3.05) is 4.90 Å². The Balaban J connectivity index is 1.80. The van der Waals surface area contributed by atoms with Crippen molar-refractivity contribution in [3.63, 3.8) is 0 Å². The van der Waals surface area contributed by atoms with Gasteiger partial charge in [0.2, 0.25) is 0 Å². The summed E-state index contributed by atoms with van der Waals surface area (Å²) in [7, 11) is 0. The number of para-hydroxylation sites is 1. The summed E-state index contributed by atoms with van der Waals surface area (Å²) < 4.78 is 1.46. The molecule has 1 aliphatic heterocycles. The summed E-state index contributed by atoms with van der Waals surface area (Å²) in [5, 5.41) is 1.50. The Labute approximate surface area is 147 Å². The second-order valence-electron chi connectivity index (χ2n) is 7.41. The highest BCUT2D eigenvalue weighted by Crippen LogP contribution is 2.60. The van der Waals surface area contributed by atoms with Crippen molar-refractivity contribution in [1.82, 2.24) is 0 Å². The highest BCUT2D eigenvalue weighted by atomic mass is 32.1. The molecule has 0 amide bonds. The van der Waals surface area contributed by atoms with E-state index in [2.05, 4.69) is 67.3 Å². The van der Waals surface area contributed by atoms with Crippen LogP contribution in [0.15, 0.2) is 48.5 Å². The Kier molecular flexibility index (Phi) is 3.09. The fourth-order valence-electron chi connectivity index (χ4n) is 5.17. The van der Waals surface area contributed by atoms with Gasteiger partial charge in [0.15, 0.2) is 0 Å². The maximum atomic E-state index is 2.77. The van der Waals surface area contributed by atoms with Crippen LogP contribution < -0.4 is 4.90 Å². The average Bonchev–Trinajstić information content (AvgIpc) is 3.26. The molecule has 0 bridgehead atoms. The number of hydrogen-bond acceptors (Lipinski definition) is 2. The fourth-order valence-corrected chi connectivity index (χ4v) is 6.51. The van der Waals surface area contributed by atoms with Crippen LogP contribution in [-0.2, 0) is 5.54 Å². The van der Waals surface area contributed by atoms with Crippen molar-refractivity contribution < 1.29 is 0 Å². The van der Waals surface area contributed by atoms with E-state index in [0.29, 0.717) is 6.04 Å². The van der Waals surface area contributed by atoms with E-state index >= 15 is 0 Å². The van der Waals surface area contributed by atoms with Crippen molar-refractivity contribution in [3.8, 4) is 0 Å². The molecule has 1 aliphatic carbocycles. The minimum Gasteiger partial charge on any atom is -0.354 e. The second-order valence-corrected chi connectivity index (χ2v) is 8.49. The quantitative estimate of drug-likeness (QED) is 0.487. The van der Waals surface area contributed by atoms with Gasteiger partial charge in [-0.1, -0.05) is 49.2 Å². The predicted molar refractivity (Wildman–Crippen MR) is 104 cm³/mol. The summed E-state index contributed by atoms with van der Waals surface area (Å²) in [6.07, 6.45) is 5.27. The summed E-state index contributed by atoms with van der Waals surface area (Å²) >= 11 is 2.02. The van der Waals surface area contributed by atoms with Gasteiger partial charge in [-0.05, 0) is 49.8 Å². The molecule has 122 valence electrons. The lowest BCUT2D eigenvalue weighted by molar-refractivity contribution is 0.418. The topological polar surface area (TPSA) is 3.24 Å². The number of fused-ring (bicyclic) bond motifs is 4. The van der Waals surface area contributed by atoms with E-state index in [9.17, 15) is 0 Å². The van der Waals surface area contributed by atoms with E-state index in [4.69, 9.17) is 0 Å². The van der Waals surface area contributed by atoms with Crippen LogP contribution in [0.3, 0.4) is 0 Å². The van der Waals surface area contributed by atoms with E-state index in [1.54, 1.807) is 10.4 Å². The van der Waals surface area contributed by atoms with Gasteiger partial charge in [0.05, 0.1) is 11.6 Å². The molecular weight excluding hydrogens is 310 g/mol. The number of nitrogens with zero attached hydrogens (tertiary/aromatic N) is 1. The molecule has 24 heavy (non-hydrogen) atoms. The summed E-state index contributed by atoms with van der Waals surface area (Å²) in [4.78, 5) is 4.37. The number of thiophene rings is 1. The molecule has 1 saturated carbocycles. The molecule has 1 atom stereocenters. The van der Waals surface area contributed by atoms with Crippen LogP contribution in [0.2, 0.25) is 0 Å². The van der Waals surface area contributed by atoms with E-state index < -0.39 is 0 Å². The first-order valence-electron chi connectivity index (χ1n) is 9.09. The maximum Gasteiger partial charge on any atom is 0.0678 e. The zero-order valence-electron chi connectivity index (χ0n) is 14.4. The molecule has 2 heterocycles. The number of hydrogen-bond donors (Lipinski definition) is 0. The smallest absolute Gasteiger partial charge is 0.0678 e. The molecule has 1 spiro atoms. The minimum absolute atomic E-state index is 0.209. The molecule has 1 aromatic heterocycles. The molecule has 2 aliphatic rings. The van der Waals surface area contributed by atoms with E-state index in [0.717, 1.165) is 0 Å². The van der Waals surface area contributed by atoms with Crippen molar-refractivity contribution in [3.05, 3.63) is 64.5 Å². The van der Waals surface area contributed by atoms with Crippen LogP contribution in [0.25, 0.3) is 10.1 Å². The van der Waals surface area contributed by atoms with Crippen LogP contribution >= 0.6 is 11.3 Å². The van der Waals surface area contributed by atoms with Gasteiger partial charge in [-0.15, -0.1) is 11.3 Å². The summed E-state index contributed by atoms with van der Waals surface area (Å²) in [6, 6.07) is 18.4. The largest absolute Gasteiger partial charge is 0.354 e. The summed E-state index contributed by atoms with van der Waals surface area (Å²) in [5.74, 6) is 0. The van der Waals surface area contributed by atoms with Crippen molar-refractivity contribution in [1.29, 1.82) is 0 Å². The highest BCUT2D eigenvalue weighted by molar-refractivity contribution is 7.19. The van der Waals surface area contributed by atoms with Crippen LogP contribution in [0.5, 0.6) is 0 Å². The van der Waals surface area contributed by atoms with Gasteiger partial charge in [-0.2, -0.15) is 0 Å². The fraction of sp³-hybridized carbons (Fsp3) is 0.364.